The highest BCUT2D eigenvalue weighted by molar-refractivity contribution is 9.10. The minimum atomic E-state index is -0.285. The molecule has 0 fully saturated rings. The number of aromatic nitrogens is 3. The lowest BCUT2D eigenvalue weighted by Gasteiger charge is -2.11. The van der Waals surface area contributed by atoms with Gasteiger partial charge in [-0.2, -0.15) is 0 Å². The summed E-state index contributed by atoms with van der Waals surface area (Å²) in [6, 6.07) is 15.4. The summed E-state index contributed by atoms with van der Waals surface area (Å²) in [5.41, 5.74) is 3.93. The zero-order valence-electron chi connectivity index (χ0n) is 18.1. The first-order valence-electron chi connectivity index (χ1n) is 10.1. The molecule has 0 radical (unpaired) electrons. The summed E-state index contributed by atoms with van der Waals surface area (Å²) in [4.78, 5) is 30.3. The van der Waals surface area contributed by atoms with Gasteiger partial charge >= 0.3 is 0 Å². The van der Waals surface area contributed by atoms with Crippen LogP contribution in [0.15, 0.2) is 64.1 Å². The molecule has 1 amide bonds. The molecule has 2 aromatic heterocycles. The molecule has 2 heterocycles. The fourth-order valence-electron chi connectivity index (χ4n) is 3.78. The molecule has 0 unspecified atom stereocenters. The highest BCUT2D eigenvalue weighted by Crippen LogP contribution is 2.25. The van der Waals surface area contributed by atoms with Crippen molar-refractivity contribution in [3.05, 3.63) is 86.5 Å². The SMILES string of the molecule is COc1ccc(Br)cc1CNC(=O)Cn1cnc2c(c(C)c(C)n2-c2ccccc2)c1=O. The molecule has 0 aliphatic carbocycles. The minimum absolute atomic E-state index is 0.118. The Morgan fingerprint density at radius 2 is 1.91 bits per heavy atom. The van der Waals surface area contributed by atoms with Crippen molar-refractivity contribution in [2.75, 3.05) is 7.11 Å². The number of amides is 1. The number of hydrogen-bond donors (Lipinski definition) is 1. The Kier molecular flexibility index (Phi) is 6.14. The van der Waals surface area contributed by atoms with Crippen molar-refractivity contribution in [1.29, 1.82) is 0 Å². The fourth-order valence-corrected chi connectivity index (χ4v) is 4.19. The molecule has 0 aliphatic rings. The number of hydrogen-bond acceptors (Lipinski definition) is 4. The van der Waals surface area contributed by atoms with Crippen LogP contribution in [0.2, 0.25) is 0 Å². The van der Waals surface area contributed by atoms with Crippen LogP contribution in [0.5, 0.6) is 5.75 Å². The van der Waals surface area contributed by atoms with E-state index in [0.29, 0.717) is 16.8 Å². The van der Waals surface area contributed by atoms with Crippen LogP contribution in [0.4, 0.5) is 0 Å². The number of halogens is 1. The molecule has 7 nitrogen and oxygen atoms in total. The second kappa shape index (κ2) is 9.00. The molecule has 2 aromatic carbocycles. The van der Waals surface area contributed by atoms with E-state index in [-0.39, 0.29) is 24.6 Å². The average molecular weight is 495 g/mol. The number of benzene rings is 2. The van der Waals surface area contributed by atoms with E-state index in [1.54, 1.807) is 7.11 Å². The summed E-state index contributed by atoms with van der Waals surface area (Å²) in [7, 11) is 1.58. The number of nitrogens with zero attached hydrogens (tertiary/aromatic N) is 3. The smallest absolute Gasteiger partial charge is 0.263 e. The molecule has 4 aromatic rings. The van der Waals surface area contributed by atoms with Gasteiger partial charge in [-0.3, -0.25) is 18.7 Å². The summed E-state index contributed by atoms with van der Waals surface area (Å²) < 4.78 is 9.55. The molecule has 0 saturated carbocycles. The first-order valence-corrected chi connectivity index (χ1v) is 10.9. The van der Waals surface area contributed by atoms with Crippen LogP contribution in [0.1, 0.15) is 16.8 Å². The fraction of sp³-hybridized carbons (Fsp3) is 0.208. The van der Waals surface area contributed by atoms with Crippen molar-refractivity contribution < 1.29 is 9.53 Å². The number of nitrogens with one attached hydrogen (secondary N) is 1. The van der Waals surface area contributed by atoms with Gasteiger partial charge < -0.3 is 10.1 Å². The largest absolute Gasteiger partial charge is 0.496 e. The number of carbonyl (C=O) groups is 1. The first kappa shape index (κ1) is 21.8. The van der Waals surface area contributed by atoms with Crippen molar-refractivity contribution in [3.63, 3.8) is 0 Å². The first-order chi connectivity index (χ1) is 15.4. The van der Waals surface area contributed by atoms with Crippen LogP contribution in [0.3, 0.4) is 0 Å². The van der Waals surface area contributed by atoms with E-state index in [9.17, 15) is 9.59 Å². The summed E-state index contributed by atoms with van der Waals surface area (Å²) in [6.07, 6.45) is 1.43. The van der Waals surface area contributed by atoms with E-state index in [1.165, 1.54) is 10.9 Å². The molecule has 0 bridgehead atoms. The molecule has 0 saturated heterocycles. The second-order valence-corrected chi connectivity index (χ2v) is 8.41. The summed E-state index contributed by atoms with van der Waals surface area (Å²) in [6.45, 7) is 4.04. The monoisotopic (exact) mass is 494 g/mol. The van der Waals surface area contributed by atoms with Crippen molar-refractivity contribution in [2.24, 2.45) is 0 Å². The Morgan fingerprint density at radius 3 is 2.62 bits per heavy atom. The molecule has 0 spiro atoms. The number of rotatable bonds is 6. The lowest BCUT2D eigenvalue weighted by Crippen LogP contribution is -2.32. The molecule has 164 valence electrons. The van der Waals surface area contributed by atoms with Crippen LogP contribution in [0.25, 0.3) is 16.7 Å². The Morgan fingerprint density at radius 1 is 1.16 bits per heavy atom. The normalized spacial score (nSPS) is 11.0. The number of fused-ring (bicyclic) bond motifs is 1. The average Bonchev–Trinajstić information content (AvgIpc) is 3.05. The topological polar surface area (TPSA) is 78.2 Å². The molecular formula is C24H23BrN4O3. The Labute approximate surface area is 193 Å². The maximum absolute atomic E-state index is 13.2. The molecular weight excluding hydrogens is 472 g/mol. The van der Waals surface area contributed by atoms with Gasteiger partial charge in [0.1, 0.15) is 18.6 Å². The molecule has 1 N–H and O–H groups in total. The third-order valence-corrected chi connectivity index (χ3v) is 6.02. The van der Waals surface area contributed by atoms with Gasteiger partial charge in [-0.1, -0.05) is 34.1 Å². The standard InChI is InChI=1S/C24H23BrN4O3/c1-15-16(2)29(19-7-5-4-6-8-19)23-22(15)24(31)28(14-27-23)13-21(30)26-12-17-11-18(25)9-10-20(17)32-3/h4-11,14H,12-13H2,1-3H3,(H,26,30). The van der Waals surface area contributed by atoms with Gasteiger partial charge in [0.15, 0.2) is 5.65 Å². The van der Waals surface area contributed by atoms with Gasteiger partial charge in [0.25, 0.3) is 5.56 Å². The van der Waals surface area contributed by atoms with Gasteiger partial charge in [0, 0.05) is 28.0 Å². The predicted octanol–water partition coefficient (Wildman–Crippen LogP) is 3.89. The van der Waals surface area contributed by atoms with E-state index in [0.717, 1.165) is 27.0 Å². The van der Waals surface area contributed by atoms with Gasteiger partial charge in [-0.25, -0.2) is 4.98 Å². The number of aryl methyl sites for hydroxylation is 1. The molecule has 0 aliphatic heterocycles. The van der Waals surface area contributed by atoms with Crippen LogP contribution >= 0.6 is 15.9 Å². The second-order valence-electron chi connectivity index (χ2n) is 7.49. The van der Waals surface area contributed by atoms with Crippen molar-refractivity contribution in [3.8, 4) is 11.4 Å². The van der Waals surface area contributed by atoms with E-state index >= 15 is 0 Å². The van der Waals surface area contributed by atoms with Gasteiger partial charge in [0.05, 0.1) is 12.5 Å². The van der Waals surface area contributed by atoms with Gasteiger partial charge in [-0.05, 0) is 49.7 Å². The number of ether oxygens (including phenoxy) is 1. The lowest BCUT2D eigenvalue weighted by atomic mass is 10.2. The zero-order chi connectivity index (χ0) is 22.8. The Balaban J connectivity index is 1.60. The van der Waals surface area contributed by atoms with Crippen LogP contribution < -0.4 is 15.6 Å². The zero-order valence-corrected chi connectivity index (χ0v) is 19.6. The van der Waals surface area contributed by atoms with E-state index in [1.807, 2.05) is 66.9 Å². The van der Waals surface area contributed by atoms with Crippen LogP contribution in [-0.2, 0) is 17.9 Å². The van der Waals surface area contributed by atoms with Gasteiger partial charge in [-0.15, -0.1) is 0 Å². The Hall–Kier alpha value is -3.39. The lowest BCUT2D eigenvalue weighted by molar-refractivity contribution is -0.121. The highest BCUT2D eigenvalue weighted by Gasteiger charge is 2.18. The molecule has 8 heteroatoms. The maximum Gasteiger partial charge on any atom is 0.263 e. The third kappa shape index (κ3) is 4.05. The van der Waals surface area contributed by atoms with Crippen molar-refractivity contribution >= 4 is 32.9 Å². The molecule has 32 heavy (non-hydrogen) atoms. The third-order valence-electron chi connectivity index (χ3n) is 5.53. The predicted molar refractivity (Wildman–Crippen MR) is 127 cm³/mol. The van der Waals surface area contributed by atoms with E-state index < -0.39 is 0 Å². The number of carbonyl (C=O) groups excluding carboxylic acids is 1. The molecule has 4 rings (SSSR count). The maximum atomic E-state index is 13.2. The summed E-state index contributed by atoms with van der Waals surface area (Å²) in [5, 5.41) is 3.37. The van der Waals surface area contributed by atoms with E-state index in [4.69, 9.17) is 4.74 Å². The van der Waals surface area contributed by atoms with Crippen molar-refractivity contribution in [1.82, 2.24) is 19.4 Å². The highest BCUT2D eigenvalue weighted by atomic mass is 79.9. The quantitative estimate of drug-likeness (QED) is 0.441. The van der Waals surface area contributed by atoms with Crippen LogP contribution in [0, 0.1) is 13.8 Å². The van der Waals surface area contributed by atoms with Crippen LogP contribution in [-0.4, -0.2) is 27.1 Å². The van der Waals surface area contributed by atoms with E-state index in [2.05, 4.69) is 26.2 Å². The number of para-hydroxylation sites is 1. The number of methoxy groups -OCH3 is 1. The Bertz CT molecular complexity index is 1360. The molecule has 0 atom stereocenters. The van der Waals surface area contributed by atoms with Gasteiger partial charge in [0.2, 0.25) is 5.91 Å². The van der Waals surface area contributed by atoms with Crippen molar-refractivity contribution in [2.45, 2.75) is 26.9 Å². The summed E-state index contributed by atoms with van der Waals surface area (Å²) >= 11 is 3.43. The minimum Gasteiger partial charge on any atom is -0.496 e. The summed E-state index contributed by atoms with van der Waals surface area (Å²) in [5.74, 6) is 0.397.